The zero-order chi connectivity index (χ0) is 14.6. The largest absolute Gasteiger partial charge is 0.339 e. The molecule has 0 spiro atoms. The maximum Gasteiger partial charge on any atom is 0.226 e. The van der Waals surface area contributed by atoms with Crippen molar-refractivity contribution >= 4 is 0 Å². The van der Waals surface area contributed by atoms with E-state index in [-0.39, 0.29) is 5.41 Å². The lowest BCUT2D eigenvalue weighted by Crippen LogP contribution is -2.18. The van der Waals surface area contributed by atoms with Crippen molar-refractivity contribution in [1.82, 2.24) is 10.1 Å². The summed E-state index contributed by atoms with van der Waals surface area (Å²) in [4.78, 5) is 4.61. The smallest absolute Gasteiger partial charge is 0.226 e. The SMILES string of the molecule is CC1CCC(c2noc(CCC(C)(C)CCN)n2)CC1. The summed E-state index contributed by atoms with van der Waals surface area (Å²) in [6.07, 6.45) is 7.94. The van der Waals surface area contributed by atoms with E-state index < -0.39 is 0 Å². The number of aromatic nitrogens is 2. The molecule has 20 heavy (non-hydrogen) atoms. The highest BCUT2D eigenvalue weighted by Gasteiger charge is 2.24. The van der Waals surface area contributed by atoms with Crippen LogP contribution in [0.4, 0.5) is 0 Å². The molecular formula is C16H29N3O. The molecule has 114 valence electrons. The van der Waals surface area contributed by atoms with Gasteiger partial charge in [0.05, 0.1) is 0 Å². The van der Waals surface area contributed by atoms with E-state index in [0.29, 0.717) is 5.92 Å². The lowest BCUT2D eigenvalue weighted by Gasteiger charge is -2.23. The Balaban J connectivity index is 1.86. The van der Waals surface area contributed by atoms with Gasteiger partial charge in [-0.25, -0.2) is 0 Å². The van der Waals surface area contributed by atoms with Gasteiger partial charge in [0, 0.05) is 12.3 Å². The first-order valence-corrected chi connectivity index (χ1v) is 8.03. The molecule has 0 aliphatic heterocycles. The van der Waals surface area contributed by atoms with Crippen LogP contribution in [0.25, 0.3) is 0 Å². The van der Waals surface area contributed by atoms with Crippen molar-refractivity contribution < 1.29 is 4.52 Å². The van der Waals surface area contributed by atoms with Crippen molar-refractivity contribution in [3.8, 4) is 0 Å². The van der Waals surface area contributed by atoms with Crippen molar-refractivity contribution in [3.63, 3.8) is 0 Å². The Morgan fingerprint density at radius 1 is 1.20 bits per heavy atom. The zero-order valence-electron chi connectivity index (χ0n) is 13.2. The third-order valence-electron chi connectivity index (χ3n) is 4.70. The molecule has 0 saturated heterocycles. The normalized spacial score (nSPS) is 24.0. The second-order valence-corrected chi connectivity index (χ2v) is 7.21. The van der Waals surface area contributed by atoms with Gasteiger partial charge in [-0.3, -0.25) is 0 Å². The molecular weight excluding hydrogens is 250 g/mol. The minimum atomic E-state index is 0.254. The van der Waals surface area contributed by atoms with E-state index in [4.69, 9.17) is 10.3 Å². The topological polar surface area (TPSA) is 64.9 Å². The quantitative estimate of drug-likeness (QED) is 0.863. The average molecular weight is 279 g/mol. The van der Waals surface area contributed by atoms with E-state index in [9.17, 15) is 0 Å². The zero-order valence-corrected chi connectivity index (χ0v) is 13.2. The summed E-state index contributed by atoms with van der Waals surface area (Å²) in [5.74, 6) is 3.10. The Hall–Kier alpha value is -0.900. The van der Waals surface area contributed by atoms with Gasteiger partial charge in [-0.2, -0.15) is 4.98 Å². The van der Waals surface area contributed by atoms with Crippen molar-refractivity contribution in [2.24, 2.45) is 17.1 Å². The van der Waals surface area contributed by atoms with Crippen LogP contribution >= 0.6 is 0 Å². The van der Waals surface area contributed by atoms with Crippen LogP contribution in [0.2, 0.25) is 0 Å². The van der Waals surface area contributed by atoms with Crippen LogP contribution in [0, 0.1) is 11.3 Å². The molecule has 0 atom stereocenters. The molecule has 1 aromatic heterocycles. The summed E-state index contributed by atoms with van der Waals surface area (Å²) in [7, 11) is 0. The molecule has 1 fully saturated rings. The molecule has 2 rings (SSSR count). The van der Waals surface area contributed by atoms with Crippen LogP contribution in [-0.2, 0) is 6.42 Å². The molecule has 0 unspecified atom stereocenters. The van der Waals surface area contributed by atoms with E-state index in [0.717, 1.165) is 43.4 Å². The lowest BCUT2D eigenvalue weighted by molar-refractivity contribution is 0.287. The van der Waals surface area contributed by atoms with Gasteiger partial charge in [0.15, 0.2) is 5.82 Å². The molecule has 1 aliphatic carbocycles. The number of hydrogen-bond donors (Lipinski definition) is 1. The molecule has 4 nitrogen and oxygen atoms in total. The first kappa shape index (κ1) is 15.5. The molecule has 1 aromatic rings. The summed E-state index contributed by atoms with van der Waals surface area (Å²) >= 11 is 0. The maximum absolute atomic E-state index is 5.65. The van der Waals surface area contributed by atoms with Gasteiger partial charge in [-0.15, -0.1) is 0 Å². The van der Waals surface area contributed by atoms with Gasteiger partial charge in [-0.1, -0.05) is 38.8 Å². The van der Waals surface area contributed by atoms with Crippen LogP contribution in [0.5, 0.6) is 0 Å². The monoisotopic (exact) mass is 279 g/mol. The van der Waals surface area contributed by atoms with E-state index in [2.05, 4.69) is 30.9 Å². The van der Waals surface area contributed by atoms with Crippen LogP contribution in [0.15, 0.2) is 4.52 Å². The molecule has 0 bridgehead atoms. The molecule has 4 heteroatoms. The molecule has 1 heterocycles. The highest BCUT2D eigenvalue weighted by Crippen LogP contribution is 2.34. The Bertz CT molecular complexity index is 406. The van der Waals surface area contributed by atoms with Gasteiger partial charge in [0.25, 0.3) is 0 Å². The van der Waals surface area contributed by atoms with Crippen molar-refractivity contribution in [1.29, 1.82) is 0 Å². The fraction of sp³-hybridized carbons (Fsp3) is 0.875. The first-order chi connectivity index (χ1) is 9.50. The Labute approximate surface area is 122 Å². The van der Waals surface area contributed by atoms with E-state index in [1.54, 1.807) is 0 Å². The summed E-state index contributed by atoms with van der Waals surface area (Å²) < 4.78 is 5.43. The van der Waals surface area contributed by atoms with Crippen LogP contribution in [0.3, 0.4) is 0 Å². The number of nitrogens with two attached hydrogens (primary N) is 1. The minimum absolute atomic E-state index is 0.254. The third-order valence-corrected chi connectivity index (χ3v) is 4.70. The van der Waals surface area contributed by atoms with Gasteiger partial charge >= 0.3 is 0 Å². The Morgan fingerprint density at radius 2 is 1.90 bits per heavy atom. The van der Waals surface area contributed by atoms with Gasteiger partial charge in [0.2, 0.25) is 5.89 Å². The number of aryl methyl sites for hydroxylation is 1. The predicted molar refractivity (Wildman–Crippen MR) is 80.4 cm³/mol. The molecule has 0 amide bonds. The van der Waals surface area contributed by atoms with Gasteiger partial charge in [-0.05, 0) is 43.6 Å². The van der Waals surface area contributed by atoms with Crippen molar-refractivity contribution in [3.05, 3.63) is 11.7 Å². The summed E-state index contributed by atoms with van der Waals surface area (Å²) in [6.45, 7) is 7.57. The second kappa shape index (κ2) is 6.70. The molecule has 1 saturated carbocycles. The average Bonchev–Trinajstić information content (AvgIpc) is 2.86. The molecule has 0 radical (unpaired) electrons. The van der Waals surface area contributed by atoms with Crippen molar-refractivity contribution in [2.45, 2.75) is 71.6 Å². The Morgan fingerprint density at radius 3 is 2.55 bits per heavy atom. The fourth-order valence-corrected chi connectivity index (χ4v) is 3.01. The maximum atomic E-state index is 5.65. The van der Waals surface area contributed by atoms with E-state index >= 15 is 0 Å². The first-order valence-electron chi connectivity index (χ1n) is 8.03. The van der Waals surface area contributed by atoms with Crippen molar-refractivity contribution in [2.75, 3.05) is 6.54 Å². The molecule has 0 aromatic carbocycles. The third kappa shape index (κ3) is 4.30. The molecule has 1 aliphatic rings. The molecule has 2 N–H and O–H groups in total. The fourth-order valence-electron chi connectivity index (χ4n) is 3.01. The Kier molecular flexibility index (Phi) is 5.19. The predicted octanol–water partition coefficient (Wildman–Crippen LogP) is 3.67. The van der Waals surface area contributed by atoms with E-state index in [1.165, 1.54) is 25.7 Å². The van der Waals surface area contributed by atoms with E-state index in [1.807, 2.05) is 0 Å². The highest BCUT2D eigenvalue weighted by molar-refractivity contribution is 4.98. The number of rotatable bonds is 6. The van der Waals surface area contributed by atoms with Crippen LogP contribution < -0.4 is 5.73 Å². The lowest BCUT2D eigenvalue weighted by atomic mass is 9.82. The summed E-state index contributed by atoms with van der Waals surface area (Å²) in [5.41, 5.74) is 5.90. The van der Waals surface area contributed by atoms with Gasteiger partial charge < -0.3 is 10.3 Å². The minimum Gasteiger partial charge on any atom is -0.339 e. The van der Waals surface area contributed by atoms with Crippen LogP contribution in [0.1, 0.15) is 76.9 Å². The number of hydrogen-bond acceptors (Lipinski definition) is 4. The number of nitrogens with zero attached hydrogens (tertiary/aromatic N) is 2. The second-order valence-electron chi connectivity index (χ2n) is 7.21. The van der Waals surface area contributed by atoms with Gasteiger partial charge in [0.1, 0.15) is 0 Å². The standard InChI is InChI=1S/C16H29N3O/c1-12-4-6-13(7-5-12)15-18-14(20-19-15)8-9-16(2,3)10-11-17/h12-13H,4-11,17H2,1-3H3. The highest BCUT2D eigenvalue weighted by atomic mass is 16.5. The summed E-state index contributed by atoms with van der Waals surface area (Å²) in [6, 6.07) is 0. The van der Waals surface area contributed by atoms with Crippen LogP contribution in [-0.4, -0.2) is 16.7 Å². The summed E-state index contributed by atoms with van der Waals surface area (Å²) in [5, 5.41) is 4.20.